The van der Waals surface area contributed by atoms with E-state index in [0.717, 1.165) is 4.88 Å². The third-order valence-electron chi connectivity index (χ3n) is 2.25. The summed E-state index contributed by atoms with van der Waals surface area (Å²) in [6.45, 7) is 4.06. The van der Waals surface area contributed by atoms with Crippen LogP contribution in [-0.2, 0) is 21.2 Å². The van der Waals surface area contributed by atoms with E-state index in [-0.39, 0.29) is 0 Å². The maximum Gasteiger partial charge on any atom is 0.250 e. The Morgan fingerprint density at radius 1 is 1.44 bits per heavy atom. The van der Waals surface area contributed by atoms with E-state index >= 15 is 0 Å². The molecule has 0 fully saturated rings. The van der Waals surface area contributed by atoms with E-state index in [4.69, 9.17) is 10.5 Å². The first-order chi connectivity index (χ1) is 8.60. The number of sulfonamides is 1. The Morgan fingerprint density at radius 3 is 2.89 bits per heavy atom. The Bertz CT molecular complexity index is 443. The quantitative estimate of drug-likeness (QED) is 0.664. The molecule has 0 saturated heterocycles. The lowest BCUT2D eigenvalue weighted by Gasteiger charge is -2.04. The summed E-state index contributed by atoms with van der Waals surface area (Å²) in [4.78, 5) is 0.993. The van der Waals surface area contributed by atoms with E-state index in [2.05, 4.69) is 4.72 Å². The average molecular weight is 292 g/mol. The van der Waals surface area contributed by atoms with Crippen molar-refractivity contribution in [2.75, 3.05) is 26.3 Å². The van der Waals surface area contributed by atoms with Crippen LogP contribution in [0.2, 0.25) is 0 Å². The molecule has 0 saturated carbocycles. The number of nitrogens with two attached hydrogens (primary N) is 1. The average Bonchev–Trinajstić information content (AvgIpc) is 2.79. The molecule has 0 atom stereocenters. The fourth-order valence-corrected chi connectivity index (χ4v) is 3.87. The zero-order chi connectivity index (χ0) is 13.4. The topological polar surface area (TPSA) is 81.4 Å². The number of ether oxygens (including phenoxy) is 1. The molecular formula is C11H20N2O3S2. The second kappa shape index (κ2) is 7.85. The molecule has 0 aromatic carbocycles. The van der Waals surface area contributed by atoms with Crippen molar-refractivity contribution < 1.29 is 13.2 Å². The van der Waals surface area contributed by atoms with Crippen molar-refractivity contribution >= 4 is 21.4 Å². The number of nitrogens with one attached hydrogen (secondary N) is 1. The molecule has 1 aromatic heterocycles. The fourth-order valence-electron chi connectivity index (χ4n) is 1.38. The van der Waals surface area contributed by atoms with Crippen molar-refractivity contribution in [2.45, 2.75) is 24.0 Å². The van der Waals surface area contributed by atoms with Gasteiger partial charge < -0.3 is 10.5 Å². The molecule has 0 aliphatic heterocycles. The largest absolute Gasteiger partial charge is 0.382 e. The molecule has 0 radical (unpaired) electrons. The van der Waals surface area contributed by atoms with E-state index in [1.807, 2.05) is 13.0 Å². The molecule has 3 N–H and O–H groups in total. The van der Waals surface area contributed by atoms with Crippen LogP contribution >= 0.6 is 11.3 Å². The van der Waals surface area contributed by atoms with Gasteiger partial charge in [-0.05, 0) is 38.4 Å². The predicted molar refractivity (Wildman–Crippen MR) is 73.4 cm³/mol. The SMILES string of the molecule is CCOCCCNS(=O)(=O)c1ccc(CCN)s1. The molecule has 0 amide bonds. The van der Waals surface area contributed by atoms with Crippen molar-refractivity contribution in [3.8, 4) is 0 Å². The highest BCUT2D eigenvalue weighted by Gasteiger charge is 2.15. The minimum Gasteiger partial charge on any atom is -0.382 e. The van der Waals surface area contributed by atoms with E-state index in [1.165, 1.54) is 11.3 Å². The van der Waals surface area contributed by atoms with Crippen LogP contribution in [-0.4, -0.2) is 34.7 Å². The summed E-state index contributed by atoms with van der Waals surface area (Å²) in [6.07, 6.45) is 1.39. The van der Waals surface area contributed by atoms with Crippen LogP contribution in [0.5, 0.6) is 0 Å². The summed E-state index contributed by atoms with van der Waals surface area (Å²) >= 11 is 1.27. The Morgan fingerprint density at radius 2 is 2.22 bits per heavy atom. The second-order valence-corrected chi connectivity index (χ2v) is 6.87. The molecule has 1 rings (SSSR count). The Labute approximate surface area is 112 Å². The van der Waals surface area contributed by atoms with Crippen molar-refractivity contribution in [1.29, 1.82) is 0 Å². The molecule has 1 aromatic rings. The predicted octanol–water partition coefficient (Wildman–Crippen LogP) is 0.954. The molecule has 18 heavy (non-hydrogen) atoms. The summed E-state index contributed by atoms with van der Waals surface area (Å²) in [6, 6.07) is 3.44. The fraction of sp³-hybridized carbons (Fsp3) is 0.636. The normalized spacial score (nSPS) is 11.9. The summed E-state index contributed by atoms with van der Waals surface area (Å²) in [7, 11) is -3.37. The standard InChI is InChI=1S/C11H20N2O3S2/c1-2-16-9-3-8-13-18(14,15)11-5-4-10(17-11)6-7-12/h4-5,13H,2-3,6-9,12H2,1H3. The Hall–Kier alpha value is -0.470. The van der Waals surface area contributed by atoms with Gasteiger partial charge in [-0.15, -0.1) is 11.3 Å². The third-order valence-corrected chi connectivity index (χ3v) is 5.35. The van der Waals surface area contributed by atoms with Crippen molar-refractivity contribution in [2.24, 2.45) is 5.73 Å². The van der Waals surface area contributed by atoms with Crippen molar-refractivity contribution in [1.82, 2.24) is 4.72 Å². The first-order valence-electron chi connectivity index (χ1n) is 5.96. The minimum atomic E-state index is -3.37. The highest BCUT2D eigenvalue weighted by molar-refractivity contribution is 7.91. The lowest BCUT2D eigenvalue weighted by Crippen LogP contribution is -2.24. The molecular weight excluding hydrogens is 272 g/mol. The van der Waals surface area contributed by atoms with E-state index in [1.54, 1.807) is 6.07 Å². The first-order valence-corrected chi connectivity index (χ1v) is 8.26. The van der Waals surface area contributed by atoms with Crippen LogP contribution in [0.1, 0.15) is 18.2 Å². The van der Waals surface area contributed by atoms with Gasteiger partial charge in [0.2, 0.25) is 10.0 Å². The molecule has 0 aliphatic rings. The maximum absolute atomic E-state index is 11.9. The highest BCUT2D eigenvalue weighted by Crippen LogP contribution is 2.21. The van der Waals surface area contributed by atoms with Crippen LogP contribution in [0.15, 0.2) is 16.3 Å². The first kappa shape index (κ1) is 15.6. The Balaban J connectivity index is 2.46. The number of thiophene rings is 1. The number of rotatable bonds is 9. The van der Waals surface area contributed by atoms with Gasteiger partial charge in [-0.25, -0.2) is 13.1 Å². The minimum absolute atomic E-state index is 0.349. The van der Waals surface area contributed by atoms with Gasteiger partial charge in [-0.2, -0.15) is 0 Å². The number of hydrogen-bond acceptors (Lipinski definition) is 5. The summed E-state index contributed by atoms with van der Waals surface area (Å²) in [5, 5.41) is 0. The molecule has 5 nitrogen and oxygen atoms in total. The lowest BCUT2D eigenvalue weighted by molar-refractivity contribution is 0.146. The van der Waals surface area contributed by atoms with Crippen molar-refractivity contribution in [3.05, 3.63) is 17.0 Å². The summed E-state index contributed by atoms with van der Waals surface area (Å²) in [5.74, 6) is 0. The molecule has 104 valence electrons. The highest BCUT2D eigenvalue weighted by atomic mass is 32.2. The second-order valence-electron chi connectivity index (χ2n) is 3.71. The van der Waals surface area contributed by atoms with Crippen LogP contribution < -0.4 is 10.5 Å². The number of hydrogen-bond donors (Lipinski definition) is 2. The molecule has 0 aliphatic carbocycles. The van der Waals surface area contributed by atoms with Crippen LogP contribution in [0.3, 0.4) is 0 Å². The third kappa shape index (κ3) is 5.03. The zero-order valence-corrected chi connectivity index (χ0v) is 12.1. The summed E-state index contributed by atoms with van der Waals surface area (Å²) in [5.41, 5.74) is 5.43. The van der Waals surface area contributed by atoms with Gasteiger partial charge in [0.25, 0.3) is 0 Å². The molecule has 0 spiro atoms. The van der Waals surface area contributed by atoms with Crippen LogP contribution in [0.25, 0.3) is 0 Å². The van der Waals surface area contributed by atoms with Gasteiger partial charge in [-0.1, -0.05) is 0 Å². The monoisotopic (exact) mass is 292 g/mol. The van der Waals surface area contributed by atoms with Gasteiger partial charge in [-0.3, -0.25) is 0 Å². The van der Waals surface area contributed by atoms with E-state index in [9.17, 15) is 8.42 Å². The molecule has 0 unspecified atom stereocenters. The Kier molecular flexibility index (Phi) is 6.80. The maximum atomic E-state index is 11.9. The molecule has 1 heterocycles. The van der Waals surface area contributed by atoms with Gasteiger partial charge in [0.1, 0.15) is 4.21 Å². The van der Waals surface area contributed by atoms with Crippen molar-refractivity contribution in [3.63, 3.8) is 0 Å². The van der Waals surface area contributed by atoms with Gasteiger partial charge in [0.05, 0.1) is 0 Å². The lowest BCUT2D eigenvalue weighted by atomic mass is 10.3. The van der Waals surface area contributed by atoms with Gasteiger partial charge in [0.15, 0.2) is 0 Å². The summed E-state index contributed by atoms with van der Waals surface area (Å²) < 4.78 is 31.9. The van der Waals surface area contributed by atoms with Gasteiger partial charge >= 0.3 is 0 Å². The van der Waals surface area contributed by atoms with E-state index < -0.39 is 10.0 Å². The van der Waals surface area contributed by atoms with Crippen LogP contribution in [0.4, 0.5) is 0 Å². The van der Waals surface area contributed by atoms with Crippen LogP contribution in [0, 0.1) is 0 Å². The van der Waals surface area contributed by atoms with E-state index in [0.29, 0.717) is 43.4 Å². The van der Waals surface area contributed by atoms with Gasteiger partial charge in [0, 0.05) is 24.6 Å². The smallest absolute Gasteiger partial charge is 0.250 e. The molecule has 0 bridgehead atoms. The molecule has 7 heteroatoms. The zero-order valence-electron chi connectivity index (χ0n) is 10.5.